The average molecular weight is 423 g/mol. The molecule has 0 radical (unpaired) electrons. The summed E-state index contributed by atoms with van der Waals surface area (Å²) in [5, 5.41) is 0. The Bertz CT molecular complexity index is 1050. The summed E-state index contributed by atoms with van der Waals surface area (Å²) in [6.45, 7) is 1.02. The first-order valence-electron chi connectivity index (χ1n) is 10.8. The van der Waals surface area contributed by atoms with Gasteiger partial charge in [0, 0.05) is 12.8 Å². The van der Waals surface area contributed by atoms with Crippen molar-refractivity contribution in [3.63, 3.8) is 0 Å². The van der Waals surface area contributed by atoms with Crippen LogP contribution < -0.4 is 9.47 Å². The molecule has 0 fully saturated rings. The van der Waals surface area contributed by atoms with Crippen LogP contribution in [0.4, 0.5) is 0 Å². The molecule has 160 valence electrons. The van der Waals surface area contributed by atoms with E-state index in [2.05, 4.69) is 0 Å². The van der Waals surface area contributed by atoms with Crippen LogP contribution in [0.2, 0.25) is 0 Å². The Morgan fingerprint density at radius 3 is 1.34 bits per heavy atom. The Morgan fingerprint density at radius 2 is 0.906 bits per heavy atom. The molecule has 0 saturated carbocycles. The van der Waals surface area contributed by atoms with Gasteiger partial charge >= 0.3 is 0 Å². The van der Waals surface area contributed by atoms with Gasteiger partial charge in [-0.05, 0) is 46.5 Å². The van der Waals surface area contributed by atoms with Crippen LogP contribution in [-0.2, 0) is 30.8 Å². The molecule has 0 aliphatic carbocycles. The van der Waals surface area contributed by atoms with E-state index in [-0.39, 0.29) is 5.78 Å². The van der Waals surface area contributed by atoms with E-state index in [1.807, 2.05) is 109 Å². The lowest BCUT2D eigenvalue weighted by atomic mass is 10.0. The maximum atomic E-state index is 12.7. The van der Waals surface area contributed by atoms with Gasteiger partial charge in [-0.25, -0.2) is 0 Å². The fourth-order valence-corrected chi connectivity index (χ4v) is 3.49. The molecule has 0 spiro atoms. The molecular weight excluding hydrogens is 396 g/mol. The predicted octanol–water partition coefficient (Wildman–Crippen LogP) is 6.20. The maximum absolute atomic E-state index is 12.7. The van der Waals surface area contributed by atoms with E-state index in [4.69, 9.17) is 9.47 Å². The zero-order chi connectivity index (χ0) is 22.0. The third kappa shape index (κ3) is 6.58. The molecule has 0 aromatic heterocycles. The van der Waals surface area contributed by atoms with E-state index >= 15 is 0 Å². The summed E-state index contributed by atoms with van der Waals surface area (Å²) in [4.78, 5) is 12.7. The minimum Gasteiger partial charge on any atom is -0.489 e. The highest BCUT2D eigenvalue weighted by Gasteiger charge is 2.08. The predicted molar refractivity (Wildman–Crippen MR) is 127 cm³/mol. The molecule has 0 aliphatic rings. The highest BCUT2D eigenvalue weighted by molar-refractivity contribution is 5.83. The summed E-state index contributed by atoms with van der Waals surface area (Å²) in [5.41, 5.74) is 4.14. The number of rotatable bonds is 10. The van der Waals surface area contributed by atoms with Gasteiger partial charge in [0.25, 0.3) is 0 Å². The van der Waals surface area contributed by atoms with E-state index in [1.54, 1.807) is 0 Å². The quantitative estimate of drug-likeness (QED) is 0.305. The SMILES string of the molecule is O=C(Cc1cccc(OCc2ccccc2)c1)Cc1cccc(OCc2ccccc2)c1. The average Bonchev–Trinajstić information content (AvgIpc) is 2.83. The molecule has 4 aromatic carbocycles. The second-order valence-electron chi connectivity index (χ2n) is 7.74. The lowest BCUT2D eigenvalue weighted by Crippen LogP contribution is -2.07. The number of ketones is 1. The molecule has 3 nitrogen and oxygen atoms in total. The second kappa shape index (κ2) is 11.0. The number of carbonyl (C=O) groups is 1. The van der Waals surface area contributed by atoms with Crippen LogP contribution in [0.3, 0.4) is 0 Å². The smallest absolute Gasteiger partial charge is 0.141 e. The van der Waals surface area contributed by atoms with Crippen molar-refractivity contribution in [2.75, 3.05) is 0 Å². The zero-order valence-corrected chi connectivity index (χ0v) is 17.9. The molecule has 4 aromatic rings. The van der Waals surface area contributed by atoms with Crippen molar-refractivity contribution in [3.05, 3.63) is 131 Å². The standard InChI is InChI=1S/C29H26O3/c30-27(17-25-13-7-15-28(19-25)31-21-23-9-3-1-4-10-23)18-26-14-8-16-29(20-26)32-22-24-11-5-2-6-12-24/h1-16,19-20H,17-18,21-22H2. The van der Waals surface area contributed by atoms with Gasteiger partial charge < -0.3 is 9.47 Å². The van der Waals surface area contributed by atoms with Crippen LogP contribution in [0.5, 0.6) is 11.5 Å². The van der Waals surface area contributed by atoms with Crippen LogP contribution in [0.25, 0.3) is 0 Å². The van der Waals surface area contributed by atoms with Crippen molar-refractivity contribution in [3.8, 4) is 11.5 Å². The fraction of sp³-hybridized carbons (Fsp3) is 0.138. The number of hydrogen-bond acceptors (Lipinski definition) is 3. The van der Waals surface area contributed by atoms with Gasteiger partial charge in [0.15, 0.2) is 0 Å². The number of Topliss-reactive ketones (excluding diaryl/α,β-unsaturated/α-hetero) is 1. The number of benzene rings is 4. The van der Waals surface area contributed by atoms with Gasteiger partial charge in [-0.2, -0.15) is 0 Å². The fourth-order valence-electron chi connectivity index (χ4n) is 3.49. The lowest BCUT2D eigenvalue weighted by Gasteiger charge is -2.09. The molecule has 0 heterocycles. The van der Waals surface area contributed by atoms with Gasteiger partial charge in [0.05, 0.1) is 0 Å². The van der Waals surface area contributed by atoms with Crippen molar-refractivity contribution in [1.82, 2.24) is 0 Å². The van der Waals surface area contributed by atoms with Crippen LogP contribution >= 0.6 is 0 Å². The Labute approximate surface area is 189 Å². The first kappa shape index (κ1) is 21.4. The summed E-state index contributed by atoms with van der Waals surface area (Å²) in [6.07, 6.45) is 0.745. The summed E-state index contributed by atoms with van der Waals surface area (Å²) in [6, 6.07) is 35.6. The Morgan fingerprint density at radius 1 is 0.500 bits per heavy atom. The Hall–Kier alpha value is -3.85. The number of hydrogen-bond donors (Lipinski definition) is 0. The first-order chi connectivity index (χ1) is 15.7. The van der Waals surface area contributed by atoms with Crippen molar-refractivity contribution in [2.45, 2.75) is 26.1 Å². The van der Waals surface area contributed by atoms with E-state index in [0.717, 1.165) is 33.8 Å². The van der Waals surface area contributed by atoms with E-state index in [1.165, 1.54) is 0 Å². The van der Waals surface area contributed by atoms with Gasteiger partial charge in [-0.15, -0.1) is 0 Å². The molecule has 0 bridgehead atoms. The summed E-state index contributed by atoms with van der Waals surface area (Å²) in [5.74, 6) is 1.70. The Kier molecular flexibility index (Phi) is 7.33. The van der Waals surface area contributed by atoms with E-state index < -0.39 is 0 Å². The van der Waals surface area contributed by atoms with Crippen LogP contribution in [0, 0.1) is 0 Å². The third-order valence-corrected chi connectivity index (χ3v) is 5.10. The van der Waals surface area contributed by atoms with Crippen LogP contribution in [-0.4, -0.2) is 5.78 Å². The molecule has 4 rings (SSSR count). The van der Waals surface area contributed by atoms with Crippen molar-refractivity contribution in [1.29, 1.82) is 0 Å². The monoisotopic (exact) mass is 422 g/mol. The maximum Gasteiger partial charge on any atom is 0.141 e. The highest BCUT2D eigenvalue weighted by atomic mass is 16.5. The largest absolute Gasteiger partial charge is 0.489 e. The summed E-state index contributed by atoms with van der Waals surface area (Å²) < 4.78 is 11.8. The van der Waals surface area contributed by atoms with Gasteiger partial charge in [-0.3, -0.25) is 4.79 Å². The molecular formula is C29H26O3. The second-order valence-corrected chi connectivity index (χ2v) is 7.74. The van der Waals surface area contributed by atoms with Crippen molar-refractivity contribution >= 4 is 5.78 Å². The normalized spacial score (nSPS) is 10.5. The molecule has 0 saturated heterocycles. The number of carbonyl (C=O) groups excluding carboxylic acids is 1. The van der Waals surface area contributed by atoms with E-state index in [0.29, 0.717) is 26.1 Å². The van der Waals surface area contributed by atoms with Crippen LogP contribution in [0.1, 0.15) is 22.3 Å². The molecule has 0 amide bonds. The molecule has 0 unspecified atom stereocenters. The van der Waals surface area contributed by atoms with Crippen molar-refractivity contribution < 1.29 is 14.3 Å². The molecule has 3 heteroatoms. The van der Waals surface area contributed by atoms with Gasteiger partial charge in [0.2, 0.25) is 0 Å². The molecule has 0 atom stereocenters. The summed E-state index contributed by atoms with van der Waals surface area (Å²) >= 11 is 0. The van der Waals surface area contributed by atoms with Crippen LogP contribution in [0.15, 0.2) is 109 Å². The van der Waals surface area contributed by atoms with Gasteiger partial charge in [0.1, 0.15) is 30.5 Å². The zero-order valence-electron chi connectivity index (χ0n) is 17.9. The molecule has 0 N–H and O–H groups in total. The third-order valence-electron chi connectivity index (χ3n) is 5.10. The first-order valence-corrected chi connectivity index (χ1v) is 10.8. The number of ether oxygens (including phenoxy) is 2. The Balaban J connectivity index is 1.30. The van der Waals surface area contributed by atoms with Crippen molar-refractivity contribution in [2.24, 2.45) is 0 Å². The topological polar surface area (TPSA) is 35.5 Å². The van der Waals surface area contributed by atoms with Gasteiger partial charge in [-0.1, -0.05) is 84.9 Å². The summed E-state index contributed by atoms with van der Waals surface area (Å²) in [7, 11) is 0. The van der Waals surface area contributed by atoms with E-state index in [9.17, 15) is 4.79 Å². The molecule has 32 heavy (non-hydrogen) atoms. The minimum absolute atomic E-state index is 0.158. The highest BCUT2D eigenvalue weighted by Crippen LogP contribution is 2.19. The lowest BCUT2D eigenvalue weighted by molar-refractivity contribution is -0.117. The molecule has 0 aliphatic heterocycles. The minimum atomic E-state index is 0.158.